The van der Waals surface area contributed by atoms with Crippen LogP contribution in [0.2, 0.25) is 0 Å². The summed E-state index contributed by atoms with van der Waals surface area (Å²) in [4.78, 5) is 19.9. The van der Waals surface area contributed by atoms with Crippen molar-refractivity contribution in [2.45, 2.75) is 13.8 Å². The largest absolute Gasteiger partial charge is 0.273 e. The molecule has 4 heteroatoms. The van der Waals surface area contributed by atoms with Gasteiger partial charge >= 0.3 is 0 Å². The molecule has 0 aromatic heterocycles. The molecule has 0 N–H and O–H groups in total. The molecule has 0 bridgehead atoms. The molecule has 0 aromatic rings. The summed E-state index contributed by atoms with van der Waals surface area (Å²) in [5.74, 6) is -0.317. The van der Waals surface area contributed by atoms with Crippen molar-refractivity contribution in [3.63, 3.8) is 0 Å². The highest BCUT2D eigenvalue weighted by Crippen LogP contribution is 1.86. The Hall–Kier alpha value is -0.930. The Morgan fingerprint density at radius 2 is 2.25 bits per heavy atom. The van der Waals surface area contributed by atoms with E-state index in [2.05, 4.69) is 5.29 Å². The molecule has 0 radical (unpaired) electrons. The van der Waals surface area contributed by atoms with Crippen LogP contribution in [-0.2, 0) is 4.79 Å². The Balaban J connectivity index is 3.69. The van der Waals surface area contributed by atoms with Gasteiger partial charge in [0.25, 0.3) is 0 Å². The lowest BCUT2D eigenvalue weighted by atomic mass is 10.6. The predicted octanol–water partition coefficient (Wildman–Crippen LogP) is 0.536. The first-order chi connectivity index (χ1) is 3.72. The molecule has 0 aromatic carbocycles. The maximum Gasteiger partial charge on any atom is 0.242 e. The first-order valence-corrected chi connectivity index (χ1v) is 2.33. The van der Waals surface area contributed by atoms with Gasteiger partial charge in [0, 0.05) is 13.5 Å². The van der Waals surface area contributed by atoms with Crippen molar-refractivity contribution >= 4 is 5.91 Å². The summed E-state index contributed by atoms with van der Waals surface area (Å²) in [5.41, 5.74) is 0. The summed E-state index contributed by atoms with van der Waals surface area (Å²) in [6, 6.07) is 0. The van der Waals surface area contributed by atoms with Crippen molar-refractivity contribution in [3.8, 4) is 0 Å². The van der Waals surface area contributed by atoms with E-state index in [1.165, 1.54) is 6.92 Å². The smallest absolute Gasteiger partial charge is 0.242 e. The molecule has 8 heavy (non-hydrogen) atoms. The quantitative estimate of drug-likeness (QED) is 0.390. The second-order valence-corrected chi connectivity index (χ2v) is 1.32. The van der Waals surface area contributed by atoms with Crippen LogP contribution in [0.1, 0.15) is 13.8 Å². The van der Waals surface area contributed by atoms with Crippen LogP contribution in [0, 0.1) is 4.91 Å². The molecule has 0 rings (SSSR count). The topological polar surface area (TPSA) is 49.7 Å². The first-order valence-electron chi connectivity index (χ1n) is 2.33. The summed E-state index contributed by atoms with van der Waals surface area (Å²) in [6.45, 7) is 3.33. The van der Waals surface area contributed by atoms with Gasteiger partial charge in [-0.05, 0) is 6.92 Å². The number of hydrogen-bond donors (Lipinski definition) is 0. The molecule has 0 fully saturated rings. The Morgan fingerprint density at radius 3 is 2.25 bits per heavy atom. The number of carbonyl (C=O) groups excluding carboxylic acids is 1. The second-order valence-electron chi connectivity index (χ2n) is 1.32. The summed E-state index contributed by atoms with van der Waals surface area (Å²) in [6.07, 6.45) is 0. The molecule has 0 saturated carbocycles. The zero-order valence-corrected chi connectivity index (χ0v) is 4.92. The van der Waals surface area contributed by atoms with Gasteiger partial charge in [-0.1, -0.05) is 0 Å². The minimum Gasteiger partial charge on any atom is -0.273 e. The van der Waals surface area contributed by atoms with E-state index in [0.717, 1.165) is 5.01 Å². The standard InChI is InChI=1S/C4H8N2O2/c1-3-6(5-8)4(2)7/h3H2,1-2H3. The zero-order chi connectivity index (χ0) is 6.57. The average Bonchev–Trinajstić information content (AvgIpc) is 1.69. The number of nitroso groups, excluding NO2 is 1. The molecule has 0 spiro atoms. The highest BCUT2D eigenvalue weighted by Gasteiger charge is 2.02. The number of amides is 1. The van der Waals surface area contributed by atoms with Gasteiger partial charge in [0.1, 0.15) is 0 Å². The third kappa shape index (κ3) is 1.68. The van der Waals surface area contributed by atoms with Gasteiger partial charge in [-0.2, -0.15) is 5.01 Å². The van der Waals surface area contributed by atoms with Crippen molar-refractivity contribution < 1.29 is 4.79 Å². The molecule has 0 aliphatic heterocycles. The minimum atomic E-state index is -0.317. The van der Waals surface area contributed by atoms with Crippen LogP contribution in [0.25, 0.3) is 0 Å². The fraction of sp³-hybridized carbons (Fsp3) is 0.750. The van der Waals surface area contributed by atoms with E-state index in [-0.39, 0.29) is 5.91 Å². The normalized spacial score (nSPS) is 8.25. The lowest BCUT2D eigenvalue weighted by Crippen LogP contribution is -2.21. The molecule has 46 valence electrons. The van der Waals surface area contributed by atoms with Crippen LogP contribution in [0.4, 0.5) is 0 Å². The van der Waals surface area contributed by atoms with E-state index in [4.69, 9.17) is 0 Å². The van der Waals surface area contributed by atoms with Gasteiger partial charge in [0.2, 0.25) is 5.91 Å². The third-order valence-corrected chi connectivity index (χ3v) is 0.762. The number of hydrogen-bond acceptors (Lipinski definition) is 3. The molecule has 0 heterocycles. The van der Waals surface area contributed by atoms with Crippen LogP contribution < -0.4 is 0 Å². The molecule has 0 aliphatic rings. The third-order valence-electron chi connectivity index (χ3n) is 0.762. The van der Waals surface area contributed by atoms with E-state index in [9.17, 15) is 9.70 Å². The SMILES string of the molecule is CCN(N=O)C(C)=O. The Morgan fingerprint density at radius 1 is 1.75 bits per heavy atom. The van der Waals surface area contributed by atoms with Crippen LogP contribution in [0.15, 0.2) is 5.29 Å². The molecule has 1 amide bonds. The van der Waals surface area contributed by atoms with E-state index in [1.54, 1.807) is 6.92 Å². The van der Waals surface area contributed by atoms with Crippen molar-refractivity contribution in [2.24, 2.45) is 5.29 Å². The van der Waals surface area contributed by atoms with Crippen LogP contribution >= 0.6 is 0 Å². The zero-order valence-electron chi connectivity index (χ0n) is 4.92. The van der Waals surface area contributed by atoms with E-state index < -0.39 is 0 Å². The number of rotatable bonds is 2. The predicted molar refractivity (Wildman–Crippen MR) is 28.9 cm³/mol. The first kappa shape index (κ1) is 7.07. The summed E-state index contributed by atoms with van der Waals surface area (Å²) in [7, 11) is 0. The van der Waals surface area contributed by atoms with Gasteiger partial charge in [-0.25, -0.2) is 0 Å². The number of carbonyl (C=O) groups is 1. The van der Waals surface area contributed by atoms with Gasteiger partial charge < -0.3 is 0 Å². The molecule has 0 aliphatic carbocycles. The lowest BCUT2D eigenvalue weighted by molar-refractivity contribution is -0.128. The van der Waals surface area contributed by atoms with Crippen molar-refractivity contribution in [1.82, 2.24) is 5.01 Å². The fourth-order valence-electron chi connectivity index (χ4n) is 0.338. The Bertz CT molecular complexity index is 102. The average molecular weight is 116 g/mol. The summed E-state index contributed by atoms with van der Waals surface area (Å²) >= 11 is 0. The minimum absolute atomic E-state index is 0.317. The highest BCUT2D eigenvalue weighted by atomic mass is 16.3. The maximum atomic E-state index is 10.2. The van der Waals surface area contributed by atoms with E-state index in [0.29, 0.717) is 6.54 Å². The number of nitrogens with zero attached hydrogens (tertiary/aromatic N) is 2. The maximum absolute atomic E-state index is 10.2. The van der Waals surface area contributed by atoms with Crippen molar-refractivity contribution in [3.05, 3.63) is 4.91 Å². The lowest BCUT2D eigenvalue weighted by Gasteiger charge is -2.04. The van der Waals surface area contributed by atoms with Gasteiger partial charge in [-0.15, -0.1) is 4.91 Å². The molecule has 0 unspecified atom stereocenters. The van der Waals surface area contributed by atoms with Crippen molar-refractivity contribution in [2.75, 3.05) is 6.54 Å². The summed E-state index contributed by atoms with van der Waals surface area (Å²) < 4.78 is 0. The molecule has 4 nitrogen and oxygen atoms in total. The Kier molecular flexibility index (Phi) is 2.76. The second kappa shape index (κ2) is 3.12. The van der Waals surface area contributed by atoms with E-state index >= 15 is 0 Å². The van der Waals surface area contributed by atoms with Gasteiger partial charge in [0.15, 0.2) is 0 Å². The molecule has 0 saturated heterocycles. The van der Waals surface area contributed by atoms with E-state index in [1.807, 2.05) is 0 Å². The molecule has 0 atom stereocenters. The Labute approximate surface area is 47.4 Å². The van der Waals surface area contributed by atoms with Crippen LogP contribution in [0.5, 0.6) is 0 Å². The molecular formula is C4H8N2O2. The highest BCUT2D eigenvalue weighted by molar-refractivity contribution is 5.72. The summed E-state index contributed by atoms with van der Waals surface area (Å²) in [5, 5.41) is 3.29. The molecular weight excluding hydrogens is 108 g/mol. The van der Waals surface area contributed by atoms with Crippen LogP contribution in [-0.4, -0.2) is 17.5 Å². The fourth-order valence-corrected chi connectivity index (χ4v) is 0.338. The van der Waals surface area contributed by atoms with Gasteiger partial charge in [-0.3, -0.25) is 4.79 Å². The monoisotopic (exact) mass is 116 g/mol. The van der Waals surface area contributed by atoms with Crippen LogP contribution in [0.3, 0.4) is 0 Å². The van der Waals surface area contributed by atoms with Gasteiger partial charge in [0.05, 0.1) is 5.29 Å². The van der Waals surface area contributed by atoms with Crippen molar-refractivity contribution in [1.29, 1.82) is 0 Å².